The monoisotopic (exact) mass is 402 g/mol. The van der Waals surface area contributed by atoms with Gasteiger partial charge in [0.2, 0.25) is 0 Å². The topological polar surface area (TPSA) is 83.0 Å². The molecule has 1 rings (SSSR count). The number of hydrogen-bond acceptors (Lipinski definition) is 4. The highest BCUT2D eigenvalue weighted by molar-refractivity contribution is 7.90. The summed E-state index contributed by atoms with van der Waals surface area (Å²) in [6.07, 6.45) is 2.37. The molecule has 1 saturated heterocycles. The van der Waals surface area contributed by atoms with E-state index in [0.717, 1.165) is 12.8 Å². The molecule has 0 aromatic rings. The summed E-state index contributed by atoms with van der Waals surface area (Å²) in [5, 5.41) is 6.27. The molecule has 0 aromatic carbocycles. The fourth-order valence-corrected chi connectivity index (χ4v) is 3.54. The SMILES string of the molecule is CCNC(=NCCCCOCC)NC1CCN(S(=O)(=O)C(F)(F)F)CC1. The second kappa shape index (κ2) is 10.9. The van der Waals surface area contributed by atoms with Crippen molar-refractivity contribution in [3.8, 4) is 0 Å². The van der Waals surface area contributed by atoms with Crippen molar-refractivity contribution in [2.45, 2.75) is 51.1 Å². The molecule has 0 aliphatic carbocycles. The third-order valence-electron chi connectivity index (χ3n) is 3.94. The van der Waals surface area contributed by atoms with E-state index in [-0.39, 0.29) is 19.1 Å². The lowest BCUT2D eigenvalue weighted by Crippen LogP contribution is -2.51. The Bertz CT molecular complexity index is 533. The molecule has 0 saturated carbocycles. The van der Waals surface area contributed by atoms with E-state index in [2.05, 4.69) is 15.6 Å². The zero-order valence-electron chi connectivity index (χ0n) is 15.3. The molecular weight excluding hydrogens is 373 g/mol. The Morgan fingerprint density at radius 3 is 2.42 bits per heavy atom. The molecule has 0 atom stereocenters. The zero-order chi connectivity index (χ0) is 19.6. The Labute approximate surface area is 153 Å². The first-order valence-electron chi connectivity index (χ1n) is 8.91. The number of guanidine groups is 1. The van der Waals surface area contributed by atoms with Gasteiger partial charge in [-0.1, -0.05) is 0 Å². The van der Waals surface area contributed by atoms with Crippen LogP contribution in [0.4, 0.5) is 13.2 Å². The van der Waals surface area contributed by atoms with Crippen LogP contribution in [-0.4, -0.2) is 69.6 Å². The fourth-order valence-electron chi connectivity index (χ4n) is 2.55. The van der Waals surface area contributed by atoms with Gasteiger partial charge in [-0.3, -0.25) is 4.99 Å². The first-order valence-corrected chi connectivity index (χ1v) is 10.3. The molecule has 2 N–H and O–H groups in total. The van der Waals surface area contributed by atoms with Gasteiger partial charge in [0.05, 0.1) is 0 Å². The van der Waals surface area contributed by atoms with Crippen molar-refractivity contribution in [3.05, 3.63) is 0 Å². The van der Waals surface area contributed by atoms with Gasteiger partial charge in [0.1, 0.15) is 0 Å². The van der Waals surface area contributed by atoms with Crippen molar-refractivity contribution >= 4 is 16.0 Å². The molecule has 7 nitrogen and oxygen atoms in total. The van der Waals surface area contributed by atoms with Crippen LogP contribution in [0.2, 0.25) is 0 Å². The summed E-state index contributed by atoms with van der Waals surface area (Å²) in [4.78, 5) is 4.44. The van der Waals surface area contributed by atoms with Gasteiger partial charge in [0, 0.05) is 45.4 Å². The number of nitrogens with one attached hydrogen (secondary N) is 2. The predicted octanol–water partition coefficient (Wildman–Crippen LogP) is 1.67. The van der Waals surface area contributed by atoms with Gasteiger partial charge in [-0.2, -0.15) is 17.5 Å². The standard InChI is InChI=1S/C15H29F3N4O3S/c1-3-19-14(20-9-5-6-12-25-4-2)21-13-7-10-22(11-8-13)26(23,24)15(16,17)18/h13H,3-12H2,1-2H3,(H2,19,20,21). The lowest BCUT2D eigenvalue weighted by atomic mass is 10.1. The Morgan fingerprint density at radius 2 is 1.88 bits per heavy atom. The van der Waals surface area contributed by atoms with Gasteiger partial charge < -0.3 is 15.4 Å². The van der Waals surface area contributed by atoms with Crippen molar-refractivity contribution < 1.29 is 26.3 Å². The molecule has 26 heavy (non-hydrogen) atoms. The second-order valence-corrected chi connectivity index (χ2v) is 7.86. The smallest absolute Gasteiger partial charge is 0.382 e. The number of unbranched alkanes of at least 4 members (excludes halogenated alkanes) is 1. The molecule has 1 aliphatic rings. The molecule has 1 aliphatic heterocycles. The molecule has 0 spiro atoms. The maximum absolute atomic E-state index is 12.6. The van der Waals surface area contributed by atoms with Gasteiger partial charge in [0.25, 0.3) is 0 Å². The summed E-state index contributed by atoms with van der Waals surface area (Å²) < 4.78 is 66.4. The van der Waals surface area contributed by atoms with Crippen LogP contribution in [0.1, 0.15) is 39.5 Å². The number of piperidine rings is 1. The number of hydrogen-bond donors (Lipinski definition) is 2. The number of sulfonamides is 1. The molecule has 0 aromatic heterocycles. The van der Waals surface area contributed by atoms with E-state index in [4.69, 9.17) is 4.74 Å². The maximum atomic E-state index is 12.6. The highest BCUT2D eigenvalue weighted by Gasteiger charge is 2.50. The number of ether oxygens (including phenoxy) is 1. The molecule has 1 fully saturated rings. The normalized spacial score (nSPS) is 18.1. The van der Waals surface area contributed by atoms with Crippen LogP contribution >= 0.6 is 0 Å². The van der Waals surface area contributed by atoms with E-state index in [9.17, 15) is 21.6 Å². The van der Waals surface area contributed by atoms with Crippen molar-refractivity contribution in [1.29, 1.82) is 0 Å². The van der Waals surface area contributed by atoms with Gasteiger partial charge in [-0.15, -0.1) is 0 Å². The van der Waals surface area contributed by atoms with E-state index < -0.39 is 15.5 Å². The van der Waals surface area contributed by atoms with Crippen molar-refractivity contribution in [2.24, 2.45) is 4.99 Å². The average Bonchev–Trinajstić information content (AvgIpc) is 2.57. The first-order chi connectivity index (χ1) is 12.2. The van der Waals surface area contributed by atoms with Crippen LogP contribution in [0.15, 0.2) is 4.99 Å². The van der Waals surface area contributed by atoms with Crippen molar-refractivity contribution in [1.82, 2.24) is 14.9 Å². The van der Waals surface area contributed by atoms with Gasteiger partial charge in [-0.05, 0) is 39.5 Å². The molecule has 11 heteroatoms. The highest BCUT2D eigenvalue weighted by Crippen LogP contribution is 2.28. The van der Waals surface area contributed by atoms with Crippen LogP contribution in [-0.2, 0) is 14.8 Å². The van der Waals surface area contributed by atoms with Crippen LogP contribution in [0, 0.1) is 0 Å². The highest BCUT2D eigenvalue weighted by atomic mass is 32.2. The van der Waals surface area contributed by atoms with E-state index in [0.29, 0.717) is 49.4 Å². The minimum absolute atomic E-state index is 0.115. The summed E-state index contributed by atoms with van der Waals surface area (Å²) in [5.41, 5.74) is -5.24. The fraction of sp³-hybridized carbons (Fsp3) is 0.933. The van der Waals surface area contributed by atoms with E-state index >= 15 is 0 Å². The van der Waals surface area contributed by atoms with Gasteiger partial charge in [0.15, 0.2) is 5.96 Å². The number of nitrogens with zero attached hydrogens (tertiary/aromatic N) is 2. The van der Waals surface area contributed by atoms with E-state index in [1.54, 1.807) is 0 Å². The van der Waals surface area contributed by atoms with Crippen molar-refractivity contribution in [3.63, 3.8) is 0 Å². The Kier molecular flexibility index (Phi) is 9.66. The zero-order valence-corrected chi connectivity index (χ0v) is 16.1. The maximum Gasteiger partial charge on any atom is 0.511 e. The number of aliphatic imine (C=N–C) groups is 1. The Balaban J connectivity index is 2.47. The first kappa shape index (κ1) is 23.0. The van der Waals surface area contributed by atoms with Crippen LogP contribution in [0.25, 0.3) is 0 Å². The molecule has 154 valence electrons. The number of halogens is 3. The number of rotatable bonds is 9. The van der Waals surface area contributed by atoms with Gasteiger partial charge in [-0.25, -0.2) is 8.42 Å². The summed E-state index contributed by atoms with van der Waals surface area (Å²) in [6, 6.07) is -0.115. The molecule has 0 amide bonds. The van der Waals surface area contributed by atoms with Crippen LogP contribution < -0.4 is 10.6 Å². The summed E-state index contributed by atoms with van der Waals surface area (Å²) >= 11 is 0. The second-order valence-electron chi connectivity index (χ2n) is 5.93. The van der Waals surface area contributed by atoms with Crippen LogP contribution in [0.3, 0.4) is 0 Å². The summed E-state index contributed by atoms with van der Waals surface area (Å²) in [7, 11) is -5.24. The molecular formula is C15H29F3N4O3S. The quantitative estimate of drug-likeness (QED) is 0.348. The molecule has 0 bridgehead atoms. The van der Waals surface area contributed by atoms with Crippen LogP contribution in [0.5, 0.6) is 0 Å². The molecule has 0 radical (unpaired) electrons. The minimum atomic E-state index is -5.24. The third-order valence-corrected chi connectivity index (χ3v) is 5.57. The van der Waals surface area contributed by atoms with E-state index in [1.807, 2.05) is 13.8 Å². The third kappa shape index (κ3) is 7.28. The lowest BCUT2D eigenvalue weighted by Gasteiger charge is -2.32. The summed E-state index contributed by atoms with van der Waals surface area (Å²) in [5.74, 6) is 0.598. The van der Waals surface area contributed by atoms with Gasteiger partial charge >= 0.3 is 15.5 Å². The average molecular weight is 402 g/mol. The molecule has 0 unspecified atom stereocenters. The molecule has 1 heterocycles. The minimum Gasteiger partial charge on any atom is -0.382 e. The Morgan fingerprint density at radius 1 is 1.23 bits per heavy atom. The van der Waals surface area contributed by atoms with E-state index in [1.165, 1.54) is 0 Å². The summed E-state index contributed by atoms with van der Waals surface area (Å²) in [6.45, 7) is 6.20. The van der Waals surface area contributed by atoms with Crippen molar-refractivity contribution in [2.75, 3.05) is 39.4 Å². The number of alkyl halides is 3. The lowest BCUT2D eigenvalue weighted by molar-refractivity contribution is -0.0494. The Hall–Kier alpha value is -1.07. The predicted molar refractivity (Wildman–Crippen MR) is 94.4 cm³/mol. The largest absolute Gasteiger partial charge is 0.511 e.